The first-order valence-electron chi connectivity index (χ1n) is 8.03. The van der Waals surface area contributed by atoms with E-state index in [0.29, 0.717) is 35.5 Å². The molecule has 2 heterocycles. The summed E-state index contributed by atoms with van der Waals surface area (Å²) < 4.78 is 27.8. The van der Waals surface area contributed by atoms with E-state index in [0.717, 1.165) is 10.1 Å². The van der Waals surface area contributed by atoms with E-state index in [1.807, 2.05) is 6.07 Å². The summed E-state index contributed by atoms with van der Waals surface area (Å²) in [7, 11) is -3.49. The van der Waals surface area contributed by atoms with Crippen LogP contribution in [0.25, 0.3) is 0 Å². The minimum absolute atomic E-state index is 0.0271. The molecule has 0 amide bonds. The fourth-order valence-electron chi connectivity index (χ4n) is 2.56. The van der Waals surface area contributed by atoms with Crippen LogP contribution in [-0.2, 0) is 15.4 Å². The number of benzene rings is 1. The molecule has 0 spiro atoms. The molecule has 1 aromatic carbocycles. The Morgan fingerprint density at radius 1 is 1.08 bits per heavy atom. The maximum atomic E-state index is 12.8. The fourth-order valence-corrected chi connectivity index (χ4v) is 5.90. The molecule has 1 aromatic heterocycles. The van der Waals surface area contributed by atoms with Crippen LogP contribution in [0.5, 0.6) is 0 Å². The van der Waals surface area contributed by atoms with E-state index in [1.165, 1.54) is 4.31 Å². The van der Waals surface area contributed by atoms with Gasteiger partial charge in [-0.15, -0.1) is 10.2 Å². The van der Waals surface area contributed by atoms with Crippen LogP contribution in [0.15, 0.2) is 33.6 Å². The van der Waals surface area contributed by atoms with Gasteiger partial charge in [0.25, 0.3) is 0 Å². The van der Waals surface area contributed by atoms with E-state index in [2.05, 4.69) is 51.8 Å². The standard InChI is InChI=1S/C16H21BrN4O2S2/c1-16(2,3)14-18-19-15(24-14)20-8-10-21(11-9-20)25(22,23)13-7-5-4-6-12(13)17/h4-7H,8-11H2,1-3H3. The summed E-state index contributed by atoms with van der Waals surface area (Å²) in [5.74, 6) is 0. The van der Waals surface area contributed by atoms with Crippen molar-refractivity contribution < 1.29 is 8.42 Å². The number of anilines is 1. The van der Waals surface area contributed by atoms with Crippen molar-refractivity contribution in [2.75, 3.05) is 31.1 Å². The lowest BCUT2D eigenvalue weighted by Gasteiger charge is -2.33. The van der Waals surface area contributed by atoms with Crippen LogP contribution in [0.4, 0.5) is 5.13 Å². The van der Waals surface area contributed by atoms with E-state index in [9.17, 15) is 8.42 Å². The number of piperazine rings is 1. The number of halogens is 1. The van der Waals surface area contributed by atoms with Crippen molar-refractivity contribution in [3.63, 3.8) is 0 Å². The molecule has 0 aliphatic carbocycles. The molecule has 9 heteroatoms. The van der Waals surface area contributed by atoms with Crippen molar-refractivity contribution in [1.29, 1.82) is 0 Å². The molecule has 0 saturated carbocycles. The number of rotatable bonds is 3. The summed E-state index contributed by atoms with van der Waals surface area (Å²) in [6.45, 7) is 8.44. The summed E-state index contributed by atoms with van der Waals surface area (Å²) in [5, 5.41) is 10.4. The molecule has 1 saturated heterocycles. The lowest BCUT2D eigenvalue weighted by atomic mass is 9.98. The van der Waals surface area contributed by atoms with Crippen molar-refractivity contribution in [2.24, 2.45) is 0 Å². The average Bonchev–Trinajstić information content (AvgIpc) is 3.05. The molecule has 0 radical (unpaired) electrons. The first-order valence-corrected chi connectivity index (χ1v) is 11.1. The minimum Gasteiger partial charge on any atom is -0.344 e. The second kappa shape index (κ2) is 6.94. The Bertz CT molecular complexity index is 853. The maximum Gasteiger partial charge on any atom is 0.244 e. The number of hydrogen-bond donors (Lipinski definition) is 0. The Kier molecular flexibility index (Phi) is 5.21. The monoisotopic (exact) mass is 444 g/mol. The zero-order chi connectivity index (χ0) is 18.2. The lowest BCUT2D eigenvalue weighted by Crippen LogP contribution is -2.48. The highest BCUT2D eigenvalue weighted by Gasteiger charge is 2.31. The molecule has 1 aliphatic rings. The molecule has 0 unspecified atom stereocenters. The quantitative estimate of drug-likeness (QED) is 0.727. The van der Waals surface area contributed by atoms with Gasteiger partial charge in [-0.05, 0) is 28.1 Å². The zero-order valence-corrected chi connectivity index (χ0v) is 17.7. The van der Waals surface area contributed by atoms with Gasteiger partial charge in [0.05, 0.1) is 4.90 Å². The van der Waals surface area contributed by atoms with Crippen LogP contribution < -0.4 is 4.90 Å². The van der Waals surface area contributed by atoms with Crippen LogP contribution in [0.3, 0.4) is 0 Å². The predicted molar refractivity (Wildman–Crippen MR) is 104 cm³/mol. The van der Waals surface area contributed by atoms with Crippen LogP contribution in [0.2, 0.25) is 0 Å². The molecular formula is C16H21BrN4O2S2. The molecule has 136 valence electrons. The smallest absolute Gasteiger partial charge is 0.244 e. The molecule has 1 aliphatic heterocycles. The van der Waals surface area contributed by atoms with Crippen molar-refractivity contribution >= 4 is 42.4 Å². The number of sulfonamides is 1. The minimum atomic E-state index is -3.49. The summed E-state index contributed by atoms with van der Waals surface area (Å²) in [5.41, 5.74) is -0.0271. The first kappa shape index (κ1) is 18.8. The van der Waals surface area contributed by atoms with E-state index >= 15 is 0 Å². The Morgan fingerprint density at radius 3 is 2.28 bits per heavy atom. The molecular weight excluding hydrogens is 424 g/mol. The zero-order valence-electron chi connectivity index (χ0n) is 14.4. The van der Waals surface area contributed by atoms with E-state index in [4.69, 9.17) is 0 Å². The largest absolute Gasteiger partial charge is 0.344 e. The van der Waals surface area contributed by atoms with Gasteiger partial charge in [0, 0.05) is 36.1 Å². The third kappa shape index (κ3) is 3.89. The van der Waals surface area contributed by atoms with Gasteiger partial charge in [-0.2, -0.15) is 4.31 Å². The van der Waals surface area contributed by atoms with Gasteiger partial charge < -0.3 is 4.90 Å². The molecule has 6 nitrogen and oxygen atoms in total. The Balaban J connectivity index is 1.72. The fraction of sp³-hybridized carbons (Fsp3) is 0.500. The summed E-state index contributed by atoms with van der Waals surface area (Å²) in [4.78, 5) is 2.42. The molecule has 0 bridgehead atoms. The van der Waals surface area contributed by atoms with Crippen LogP contribution >= 0.6 is 27.3 Å². The highest BCUT2D eigenvalue weighted by molar-refractivity contribution is 9.10. The Hall–Kier alpha value is -1.03. The highest BCUT2D eigenvalue weighted by atomic mass is 79.9. The van der Waals surface area contributed by atoms with Crippen molar-refractivity contribution in [3.8, 4) is 0 Å². The summed E-state index contributed by atoms with van der Waals surface area (Å²) in [6, 6.07) is 6.93. The molecule has 3 rings (SSSR count). The van der Waals surface area contributed by atoms with Gasteiger partial charge in [0.1, 0.15) is 5.01 Å². The Labute approximate surface area is 161 Å². The summed E-state index contributed by atoms with van der Waals surface area (Å²) in [6.07, 6.45) is 0. The van der Waals surface area contributed by atoms with Crippen molar-refractivity contribution in [2.45, 2.75) is 31.1 Å². The molecule has 1 fully saturated rings. The van der Waals surface area contributed by atoms with Crippen LogP contribution in [-0.4, -0.2) is 49.1 Å². The van der Waals surface area contributed by atoms with E-state index in [-0.39, 0.29) is 5.41 Å². The highest BCUT2D eigenvalue weighted by Crippen LogP contribution is 2.31. The third-order valence-electron chi connectivity index (χ3n) is 4.02. The van der Waals surface area contributed by atoms with Gasteiger partial charge in [-0.3, -0.25) is 0 Å². The lowest BCUT2D eigenvalue weighted by molar-refractivity contribution is 0.384. The van der Waals surface area contributed by atoms with Crippen molar-refractivity contribution in [1.82, 2.24) is 14.5 Å². The SMILES string of the molecule is CC(C)(C)c1nnc(N2CCN(S(=O)(=O)c3ccccc3Br)CC2)s1. The van der Waals surface area contributed by atoms with Crippen molar-refractivity contribution in [3.05, 3.63) is 33.7 Å². The van der Waals surface area contributed by atoms with Crippen LogP contribution in [0.1, 0.15) is 25.8 Å². The molecule has 2 aromatic rings. The normalized spacial score (nSPS) is 17.0. The predicted octanol–water partition coefficient (Wildman–Crippen LogP) is 3.11. The topological polar surface area (TPSA) is 66.4 Å². The van der Waals surface area contributed by atoms with E-state index in [1.54, 1.807) is 29.5 Å². The second-order valence-electron chi connectivity index (χ2n) is 6.96. The molecule has 0 N–H and O–H groups in total. The number of nitrogens with zero attached hydrogens (tertiary/aromatic N) is 4. The Morgan fingerprint density at radius 2 is 1.72 bits per heavy atom. The number of aromatic nitrogens is 2. The average molecular weight is 445 g/mol. The van der Waals surface area contributed by atoms with E-state index < -0.39 is 10.0 Å². The molecule has 25 heavy (non-hydrogen) atoms. The van der Waals surface area contributed by atoms with Gasteiger partial charge in [-0.25, -0.2) is 8.42 Å². The number of hydrogen-bond acceptors (Lipinski definition) is 6. The maximum absolute atomic E-state index is 12.8. The first-order chi connectivity index (χ1) is 11.7. The van der Waals surface area contributed by atoms with Crippen LogP contribution in [0, 0.1) is 0 Å². The third-order valence-corrected chi connectivity index (χ3v) is 8.34. The van der Waals surface area contributed by atoms with Gasteiger partial charge >= 0.3 is 0 Å². The molecule has 0 atom stereocenters. The second-order valence-corrected chi connectivity index (χ2v) is 10.7. The van der Waals surface area contributed by atoms with Gasteiger partial charge in [-0.1, -0.05) is 44.2 Å². The summed E-state index contributed by atoms with van der Waals surface area (Å²) >= 11 is 4.92. The van der Waals surface area contributed by atoms with Gasteiger partial charge in [0.2, 0.25) is 15.2 Å². The van der Waals surface area contributed by atoms with Gasteiger partial charge in [0.15, 0.2) is 0 Å².